The summed E-state index contributed by atoms with van der Waals surface area (Å²) in [4.78, 5) is 13.9. The Morgan fingerprint density at radius 2 is 2.23 bits per heavy atom. The maximum Gasteiger partial charge on any atom is 0.230 e. The third kappa shape index (κ3) is 2.72. The van der Waals surface area contributed by atoms with Crippen molar-refractivity contribution in [1.82, 2.24) is 20.1 Å². The molecule has 1 N–H and O–H groups in total. The van der Waals surface area contributed by atoms with Gasteiger partial charge in [-0.1, -0.05) is 34.8 Å². The molecule has 0 fully saturated rings. The lowest BCUT2D eigenvalue weighted by Gasteiger charge is -2.22. The number of carbonyl (C=O) groups is 1. The number of carbonyl (C=O) groups excluding carboxylic acids is 1. The molecule has 1 atom stereocenters. The predicted octanol–water partition coefficient (Wildman–Crippen LogP) is 0.893. The topological polar surface area (TPSA) is 59.8 Å². The van der Waals surface area contributed by atoms with Gasteiger partial charge in [0.15, 0.2) is 6.17 Å². The summed E-state index contributed by atoms with van der Waals surface area (Å²) in [6, 6.07) is 0. The molecule has 72 valence electrons. The van der Waals surface area contributed by atoms with Gasteiger partial charge in [0.2, 0.25) is 10.2 Å². The molecule has 5 nitrogen and oxygen atoms in total. The van der Waals surface area contributed by atoms with Crippen LogP contribution in [0.5, 0.6) is 0 Å². The number of rotatable bonds is 3. The van der Waals surface area contributed by atoms with E-state index in [1.54, 1.807) is 0 Å². The molecule has 0 radical (unpaired) electrons. The Kier molecular flexibility index (Phi) is 3.35. The zero-order valence-electron chi connectivity index (χ0n) is 6.19. The summed E-state index contributed by atoms with van der Waals surface area (Å²) in [6.45, 7) is 0. The average molecular weight is 243 g/mol. The lowest BCUT2D eigenvalue weighted by atomic mass is 10.5. The minimum atomic E-state index is -1.67. The van der Waals surface area contributed by atoms with Crippen molar-refractivity contribution in [3.8, 4) is 0 Å². The van der Waals surface area contributed by atoms with Gasteiger partial charge in [-0.2, -0.15) is 5.10 Å². The summed E-state index contributed by atoms with van der Waals surface area (Å²) in [6.07, 6.45) is 2.17. The van der Waals surface area contributed by atoms with E-state index < -0.39 is 9.96 Å². The fourth-order valence-corrected chi connectivity index (χ4v) is 1.22. The second-order valence-electron chi connectivity index (χ2n) is 2.10. The molecule has 0 saturated carbocycles. The predicted molar refractivity (Wildman–Crippen MR) is 48.5 cm³/mol. The largest absolute Gasteiger partial charge is 0.333 e. The Bertz CT molecular complexity index is 270. The van der Waals surface area contributed by atoms with Crippen molar-refractivity contribution in [3.63, 3.8) is 0 Å². The Balaban J connectivity index is 2.86. The molecule has 13 heavy (non-hydrogen) atoms. The van der Waals surface area contributed by atoms with Crippen molar-refractivity contribution in [1.29, 1.82) is 0 Å². The highest BCUT2D eigenvalue weighted by Crippen LogP contribution is 2.35. The number of halogens is 3. The van der Waals surface area contributed by atoms with Gasteiger partial charge in [-0.05, 0) is 0 Å². The second-order valence-corrected chi connectivity index (χ2v) is 4.47. The van der Waals surface area contributed by atoms with Gasteiger partial charge >= 0.3 is 0 Å². The SMILES string of the molecule is O=CNC(n1cncn1)C(Cl)(Cl)Cl. The molecule has 0 spiro atoms. The van der Waals surface area contributed by atoms with Crippen molar-refractivity contribution in [2.45, 2.75) is 9.96 Å². The minimum Gasteiger partial charge on any atom is -0.333 e. The maximum atomic E-state index is 10.2. The fourth-order valence-electron chi connectivity index (χ4n) is 0.736. The zero-order chi connectivity index (χ0) is 9.90. The normalized spacial score (nSPS) is 13.8. The van der Waals surface area contributed by atoms with Gasteiger partial charge in [0, 0.05) is 0 Å². The third-order valence-electron chi connectivity index (χ3n) is 1.24. The van der Waals surface area contributed by atoms with Crippen LogP contribution in [0.3, 0.4) is 0 Å². The first-order valence-electron chi connectivity index (χ1n) is 3.16. The van der Waals surface area contributed by atoms with Gasteiger partial charge in [-0.25, -0.2) is 9.67 Å². The van der Waals surface area contributed by atoms with E-state index in [1.807, 2.05) is 0 Å². The Hall–Kier alpha value is -0.520. The number of aromatic nitrogens is 3. The van der Waals surface area contributed by atoms with E-state index in [4.69, 9.17) is 34.8 Å². The molecule has 1 aromatic rings. The molecule has 0 aliphatic rings. The molecule has 0 aliphatic carbocycles. The van der Waals surface area contributed by atoms with E-state index >= 15 is 0 Å². The molecule has 0 bridgehead atoms. The number of hydrogen-bond acceptors (Lipinski definition) is 3. The Labute approximate surface area is 89.0 Å². The molecule has 0 aromatic carbocycles. The van der Waals surface area contributed by atoms with Gasteiger partial charge in [-0.15, -0.1) is 0 Å². The molecule has 1 unspecified atom stereocenters. The van der Waals surface area contributed by atoms with Crippen LogP contribution in [0.4, 0.5) is 0 Å². The highest BCUT2D eigenvalue weighted by molar-refractivity contribution is 6.67. The highest BCUT2D eigenvalue weighted by atomic mass is 35.6. The summed E-state index contributed by atoms with van der Waals surface area (Å²) >= 11 is 16.8. The first-order chi connectivity index (χ1) is 6.05. The summed E-state index contributed by atoms with van der Waals surface area (Å²) in [5, 5.41) is 6.04. The van der Waals surface area contributed by atoms with Crippen LogP contribution >= 0.6 is 34.8 Å². The van der Waals surface area contributed by atoms with Crippen LogP contribution in [0.25, 0.3) is 0 Å². The Morgan fingerprint density at radius 1 is 1.54 bits per heavy atom. The van der Waals surface area contributed by atoms with E-state index in [0.29, 0.717) is 6.41 Å². The van der Waals surface area contributed by atoms with Gasteiger partial charge in [0.25, 0.3) is 0 Å². The first kappa shape index (κ1) is 10.6. The van der Waals surface area contributed by atoms with Gasteiger partial charge in [-0.3, -0.25) is 4.79 Å². The van der Waals surface area contributed by atoms with Crippen LogP contribution in [0.1, 0.15) is 6.17 Å². The first-order valence-corrected chi connectivity index (χ1v) is 4.29. The van der Waals surface area contributed by atoms with Gasteiger partial charge in [0.1, 0.15) is 12.7 Å². The van der Waals surface area contributed by atoms with Crippen LogP contribution < -0.4 is 5.32 Å². The standard InChI is InChI=1S/C5H5Cl3N4O/c6-5(7,8)4(10-3-13)12-2-9-1-11-12/h1-4H,(H,10,13). The van der Waals surface area contributed by atoms with Crippen molar-refractivity contribution in [2.24, 2.45) is 0 Å². The van der Waals surface area contributed by atoms with E-state index in [1.165, 1.54) is 17.3 Å². The van der Waals surface area contributed by atoms with Crippen LogP contribution in [-0.2, 0) is 4.79 Å². The molecule has 1 rings (SSSR count). The molecule has 8 heteroatoms. The number of hydrogen-bond donors (Lipinski definition) is 1. The number of alkyl halides is 3. The van der Waals surface area contributed by atoms with Crippen LogP contribution in [0.2, 0.25) is 0 Å². The Morgan fingerprint density at radius 3 is 2.62 bits per heavy atom. The molecule has 1 aromatic heterocycles. The van der Waals surface area contributed by atoms with Crippen molar-refractivity contribution in [2.75, 3.05) is 0 Å². The minimum absolute atomic E-state index is 0.425. The summed E-state index contributed by atoms with van der Waals surface area (Å²) in [5.74, 6) is 0. The molecule has 1 heterocycles. The lowest BCUT2D eigenvalue weighted by Crippen LogP contribution is -2.36. The quantitative estimate of drug-likeness (QED) is 0.634. The molecule has 0 aliphatic heterocycles. The average Bonchev–Trinajstić information content (AvgIpc) is 2.49. The van der Waals surface area contributed by atoms with Crippen LogP contribution in [-0.4, -0.2) is 25.0 Å². The van der Waals surface area contributed by atoms with Crippen molar-refractivity contribution < 1.29 is 4.79 Å². The van der Waals surface area contributed by atoms with Crippen LogP contribution in [0, 0.1) is 0 Å². The molecular formula is C5H5Cl3N4O. The maximum absolute atomic E-state index is 10.2. The highest BCUT2D eigenvalue weighted by Gasteiger charge is 2.34. The summed E-state index contributed by atoms with van der Waals surface area (Å²) < 4.78 is -0.435. The summed E-state index contributed by atoms with van der Waals surface area (Å²) in [5.41, 5.74) is 0. The molecule has 1 amide bonds. The monoisotopic (exact) mass is 242 g/mol. The van der Waals surface area contributed by atoms with E-state index in [9.17, 15) is 4.79 Å². The number of nitrogens with zero attached hydrogens (tertiary/aromatic N) is 3. The zero-order valence-corrected chi connectivity index (χ0v) is 8.46. The van der Waals surface area contributed by atoms with Crippen molar-refractivity contribution >= 4 is 41.2 Å². The van der Waals surface area contributed by atoms with Gasteiger partial charge < -0.3 is 5.32 Å². The van der Waals surface area contributed by atoms with Crippen molar-refractivity contribution in [3.05, 3.63) is 12.7 Å². The second kappa shape index (κ2) is 4.13. The molecular weight excluding hydrogens is 238 g/mol. The smallest absolute Gasteiger partial charge is 0.230 e. The van der Waals surface area contributed by atoms with E-state index in [-0.39, 0.29) is 0 Å². The fraction of sp³-hybridized carbons (Fsp3) is 0.400. The number of amides is 1. The molecule has 0 saturated heterocycles. The third-order valence-corrected chi connectivity index (χ3v) is 1.86. The van der Waals surface area contributed by atoms with Crippen LogP contribution in [0.15, 0.2) is 12.7 Å². The van der Waals surface area contributed by atoms with Gasteiger partial charge in [0.05, 0.1) is 0 Å². The van der Waals surface area contributed by atoms with E-state index in [2.05, 4.69) is 15.4 Å². The number of nitrogens with one attached hydrogen (secondary N) is 1. The summed E-state index contributed by atoms with van der Waals surface area (Å²) in [7, 11) is 0. The van der Waals surface area contributed by atoms with E-state index in [0.717, 1.165) is 0 Å². The lowest BCUT2D eigenvalue weighted by molar-refractivity contribution is -0.110.